The van der Waals surface area contributed by atoms with E-state index in [4.69, 9.17) is 19.4 Å². The van der Waals surface area contributed by atoms with Crippen LogP contribution in [0.15, 0.2) is 138 Å². The molecule has 0 aliphatic carbocycles. The molecule has 0 atom stereocenters. The third kappa shape index (κ3) is 3.95. The molecule has 0 fully saturated rings. The van der Waals surface area contributed by atoms with Gasteiger partial charge in [0.25, 0.3) is 0 Å². The van der Waals surface area contributed by atoms with Crippen LogP contribution in [-0.2, 0) is 0 Å². The Morgan fingerprint density at radius 2 is 1.07 bits per heavy atom. The van der Waals surface area contributed by atoms with E-state index in [-0.39, 0.29) is 0 Å². The molecule has 0 bridgehead atoms. The van der Waals surface area contributed by atoms with Crippen molar-refractivity contribution < 1.29 is 4.42 Å². The number of rotatable bonds is 4. The van der Waals surface area contributed by atoms with Crippen LogP contribution in [0, 0.1) is 0 Å². The van der Waals surface area contributed by atoms with Gasteiger partial charge in [-0.2, -0.15) is 0 Å². The van der Waals surface area contributed by atoms with Gasteiger partial charge in [-0.1, -0.05) is 115 Å². The van der Waals surface area contributed by atoms with Crippen LogP contribution in [0.5, 0.6) is 0 Å². The lowest BCUT2D eigenvalue weighted by atomic mass is 9.99. The zero-order valence-corrected chi connectivity index (χ0v) is 21.9. The number of aromatic nitrogens is 4. The maximum absolute atomic E-state index is 6.40. The Morgan fingerprint density at radius 1 is 0.439 bits per heavy atom. The second-order valence-corrected chi connectivity index (χ2v) is 9.91. The van der Waals surface area contributed by atoms with E-state index >= 15 is 0 Å². The third-order valence-electron chi connectivity index (χ3n) is 7.43. The van der Waals surface area contributed by atoms with E-state index in [0.29, 0.717) is 23.1 Å². The Bertz CT molecular complexity index is 2210. The number of furan rings is 1. The van der Waals surface area contributed by atoms with Gasteiger partial charge in [0.1, 0.15) is 5.58 Å². The van der Waals surface area contributed by atoms with E-state index < -0.39 is 0 Å². The number of benzene rings is 5. The Labute approximate surface area is 235 Å². The molecule has 0 amide bonds. The summed E-state index contributed by atoms with van der Waals surface area (Å²) >= 11 is 0. The summed E-state index contributed by atoms with van der Waals surface area (Å²) in [5.74, 6) is 1.75. The van der Waals surface area contributed by atoms with Gasteiger partial charge in [0.2, 0.25) is 0 Å². The largest absolute Gasteiger partial charge is 0.454 e. The van der Waals surface area contributed by atoms with Gasteiger partial charge in [0, 0.05) is 39.0 Å². The zero-order valence-electron chi connectivity index (χ0n) is 21.9. The first-order valence-corrected chi connectivity index (χ1v) is 13.5. The Kier molecular flexibility index (Phi) is 5.38. The summed E-state index contributed by atoms with van der Waals surface area (Å²) < 4.78 is 6.40. The smallest absolute Gasteiger partial charge is 0.166 e. The minimum absolute atomic E-state index is 0.547. The Morgan fingerprint density at radius 3 is 1.88 bits per heavy atom. The summed E-state index contributed by atoms with van der Waals surface area (Å²) in [7, 11) is 0. The van der Waals surface area contributed by atoms with Crippen LogP contribution in [0.3, 0.4) is 0 Å². The van der Waals surface area contributed by atoms with Crippen molar-refractivity contribution in [1.82, 2.24) is 19.9 Å². The second-order valence-electron chi connectivity index (χ2n) is 9.91. The van der Waals surface area contributed by atoms with Crippen molar-refractivity contribution in [3.8, 4) is 45.3 Å². The summed E-state index contributed by atoms with van der Waals surface area (Å²) in [5, 5.41) is 4.13. The van der Waals surface area contributed by atoms with E-state index in [9.17, 15) is 0 Å². The van der Waals surface area contributed by atoms with Crippen molar-refractivity contribution in [3.05, 3.63) is 134 Å². The number of hydrogen-bond acceptors (Lipinski definition) is 5. The van der Waals surface area contributed by atoms with Crippen molar-refractivity contribution in [1.29, 1.82) is 0 Å². The molecule has 192 valence electrons. The van der Waals surface area contributed by atoms with Crippen LogP contribution >= 0.6 is 0 Å². The van der Waals surface area contributed by atoms with E-state index in [1.807, 2.05) is 79.0 Å². The zero-order chi connectivity index (χ0) is 27.2. The molecule has 41 heavy (non-hydrogen) atoms. The molecule has 0 spiro atoms. The van der Waals surface area contributed by atoms with Crippen molar-refractivity contribution in [2.45, 2.75) is 0 Å². The minimum atomic E-state index is 0.547. The predicted octanol–water partition coefficient (Wildman–Crippen LogP) is 8.99. The molecule has 5 heteroatoms. The van der Waals surface area contributed by atoms with Crippen LogP contribution in [0.1, 0.15) is 0 Å². The van der Waals surface area contributed by atoms with E-state index in [2.05, 4.69) is 53.5 Å². The van der Waals surface area contributed by atoms with Gasteiger partial charge in [-0.05, 0) is 22.6 Å². The molecule has 0 unspecified atom stereocenters. The highest BCUT2D eigenvalue weighted by molar-refractivity contribution is 6.18. The Balaban J connectivity index is 1.41. The van der Waals surface area contributed by atoms with Gasteiger partial charge < -0.3 is 4.42 Å². The summed E-state index contributed by atoms with van der Waals surface area (Å²) in [6.07, 6.45) is 3.59. The number of nitrogens with zero attached hydrogens (tertiary/aromatic N) is 4. The molecule has 3 heterocycles. The summed E-state index contributed by atoms with van der Waals surface area (Å²) in [6.45, 7) is 0. The van der Waals surface area contributed by atoms with Gasteiger partial charge in [-0.15, -0.1) is 0 Å². The first kappa shape index (κ1) is 23.2. The fraction of sp³-hybridized carbons (Fsp3) is 0. The van der Waals surface area contributed by atoms with Crippen molar-refractivity contribution in [3.63, 3.8) is 0 Å². The molecule has 0 saturated carbocycles. The molecule has 3 aromatic heterocycles. The van der Waals surface area contributed by atoms with Crippen LogP contribution in [0.2, 0.25) is 0 Å². The summed E-state index contributed by atoms with van der Waals surface area (Å²) in [5.41, 5.74) is 6.33. The average molecular weight is 527 g/mol. The average Bonchev–Trinajstić information content (AvgIpc) is 3.45. The molecule has 0 N–H and O–H groups in total. The monoisotopic (exact) mass is 526 g/mol. The normalized spacial score (nSPS) is 11.4. The molecule has 5 aromatic carbocycles. The minimum Gasteiger partial charge on any atom is -0.454 e. The van der Waals surface area contributed by atoms with Crippen LogP contribution < -0.4 is 0 Å². The molecule has 0 saturated heterocycles. The summed E-state index contributed by atoms with van der Waals surface area (Å²) in [6, 6.07) is 41.0. The van der Waals surface area contributed by atoms with E-state index in [1.54, 1.807) is 6.20 Å². The van der Waals surface area contributed by atoms with Gasteiger partial charge >= 0.3 is 0 Å². The van der Waals surface area contributed by atoms with Crippen LogP contribution in [0.25, 0.3) is 78.0 Å². The Hall–Kier alpha value is -5.68. The highest BCUT2D eigenvalue weighted by atomic mass is 16.3. The second kappa shape index (κ2) is 9.50. The molecular formula is C36H22N4O. The maximum atomic E-state index is 6.40. The predicted molar refractivity (Wildman–Crippen MR) is 164 cm³/mol. The van der Waals surface area contributed by atoms with E-state index in [1.165, 1.54) is 0 Å². The lowest BCUT2D eigenvalue weighted by Crippen LogP contribution is -2.01. The van der Waals surface area contributed by atoms with Crippen molar-refractivity contribution >= 4 is 32.7 Å². The summed E-state index contributed by atoms with van der Waals surface area (Å²) in [4.78, 5) is 19.6. The maximum Gasteiger partial charge on any atom is 0.166 e. The first-order chi connectivity index (χ1) is 20.3. The van der Waals surface area contributed by atoms with Gasteiger partial charge in [0.15, 0.2) is 23.1 Å². The fourth-order valence-electron chi connectivity index (χ4n) is 5.51. The molecule has 0 aliphatic rings. The van der Waals surface area contributed by atoms with Gasteiger partial charge in [-0.25, -0.2) is 15.0 Å². The number of hydrogen-bond donors (Lipinski definition) is 0. The van der Waals surface area contributed by atoms with Crippen LogP contribution in [-0.4, -0.2) is 19.9 Å². The molecule has 0 aliphatic heterocycles. The molecule has 8 aromatic rings. The molecular weight excluding hydrogens is 504 g/mol. The van der Waals surface area contributed by atoms with Gasteiger partial charge in [0.05, 0.1) is 6.20 Å². The van der Waals surface area contributed by atoms with Gasteiger partial charge in [-0.3, -0.25) is 4.98 Å². The first-order valence-electron chi connectivity index (χ1n) is 13.5. The SMILES string of the molecule is c1ccc(-c2nc(-c3ccccc3-c3ccccc3)nc(-c3cncc4oc5c6ccccc6ccc5c34)n2)cc1. The highest BCUT2D eigenvalue weighted by Gasteiger charge is 2.20. The van der Waals surface area contributed by atoms with E-state index in [0.717, 1.165) is 54.9 Å². The quantitative estimate of drug-likeness (QED) is 0.229. The lowest BCUT2D eigenvalue weighted by molar-refractivity contribution is 0.670. The van der Waals surface area contributed by atoms with Crippen LogP contribution in [0.4, 0.5) is 0 Å². The molecule has 0 radical (unpaired) electrons. The highest BCUT2D eigenvalue weighted by Crippen LogP contribution is 2.39. The fourth-order valence-corrected chi connectivity index (χ4v) is 5.51. The number of fused-ring (bicyclic) bond motifs is 5. The molecule has 8 rings (SSSR count). The number of pyridine rings is 1. The topological polar surface area (TPSA) is 64.7 Å². The third-order valence-corrected chi connectivity index (χ3v) is 7.43. The van der Waals surface area contributed by atoms with Crippen molar-refractivity contribution in [2.75, 3.05) is 0 Å². The standard InChI is InChI=1S/C36H22N4O/c1-3-11-23(12-4-1)26-16-9-10-18-28(26)35-38-34(25-14-5-2-6-15-25)39-36(40-35)30-21-37-22-31-32(30)29-20-19-24-13-7-8-17-27(24)33(29)41-31/h1-22H. The van der Waals surface area contributed by atoms with Crippen molar-refractivity contribution in [2.24, 2.45) is 0 Å². The molecule has 5 nitrogen and oxygen atoms in total. The lowest BCUT2D eigenvalue weighted by Gasteiger charge is -2.12.